The van der Waals surface area contributed by atoms with Crippen LogP contribution in [0.5, 0.6) is 5.75 Å². The Bertz CT molecular complexity index is 1170. The van der Waals surface area contributed by atoms with Gasteiger partial charge in [0, 0.05) is 36.5 Å². The highest BCUT2D eigenvalue weighted by Gasteiger charge is 2.24. The molecule has 0 saturated carbocycles. The Kier molecular flexibility index (Phi) is 4.84. The maximum Gasteiger partial charge on any atom is 0.194 e. The fourth-order valence-corrected chi connectivity index (χ4v) is 4.94. The minimum Gasteiger partial charge on any atom is -0.507 e. The van der Waals surface area contributed by atoms with E-state index in [1.54, 1.807) is 29.8 Å². The Labute approximate surface area is 178 Å². The van der Waals surface area contributed by atoms with E-state index in [2.05, 4.69) is 44.6 Å². The van der Waals surface area contributed by atoms with E-state index in [-0.39, 0.29) is 5.75 Å². The van der Waals surface area contributed by atoms with Crippen LogP contribution in [0.1, 0.15) is 19.8 Å². The number of rotatable bonds is 4. The van der Waals surface area contributed by atoms with Crippen molar-refractivity contribution in [3.05, 3.63) is 36.7 Å². The Morgan fingerprint density at radius 1 is 1.20 bits per heavy atom. The van der Waals surface area contributed by atoms with Gasteiger partial charge in [0.25, 0.3) is 0 Å². The molecule has 5 rings (SSSR count). The number of anilines is 1. The number of thiazole rings is 1. The molecule has 1 aliphatic heterocycles. The van der Waals surface area contributed by atoms with Gasteiger partial charge in [-0.25, -0.2) is 0 Å². The van der Waals surface area contributed by atoms with E-state index >= 15 is 0 Å². The van der Waals surface area contributed by atoms with E-state index in [9.17, 15) is 5.11 Å². The molecular weight excluding hydrogens is 398 g/mol. The van der Waals surface area contributed by atoms with Crippen LogP contribution in [0.2, 0.25) is 0 Å². The lowest BCUT2D eigenvalue weighted by molar-refractivity contribution is 0.371. The first-order chi connectivity index (χ1) is 14.6. The maximum absolute atomic E-state index is 10.6. The second kappa shape index (κ2) is 7.66. The number of aromatic amines is 1. The van der Waals surface area contributed by atoms with Crippen molar-refractivity contribution in [3.8, 4) is 28.1 Å². The highest BCUT2D eigenvalue weighted by Crippen LogP contribution is 2.35. The normalized spacial score (nSPS) is 19.3. The largest absolute Gasteiger partial charge is 0.507 e. The molecule has 0 radical (unpaired) electrons. The highest BCUT2D eigenvalue weighted by molar-refractivity contribution is 7.22. The summed E-state index contributed by atoms with van der Waals surface area (Å²) in [5.41, 5.74) is 3.72. The molecular formula is C21H23N7OS. The van der Waals surface area contributed by atoms with Gasteiger partial charge >= 0.3 is 0 Å². The van der Waals surface area contributed by atoms with Crippen LogP contribution in [0.15, 0.2) is 36.7 Å². The van der Waals surface area contributed by atoms with E-state index in [0.29, 0.717) is 29.0 Å². The Hall–Kier alpha value is -3.04. The number of hydrogen-bond acceptors (Lipinski definition) is 8. The summed E-state index contributed by atoms with van der Waals surface area (Å²) in [6.45, 7) is 3.25. The number of phenolic OH excluding ortho intramolecular Hbond substituents is 1. The number of H-pyrrole nitrogens is 1. The Morgan fingerprint density at radius 2 is 2.10 bits per heavy atom. The van der Waals surface area contributed by atoms with Gasteiger partial charge in [-0.1, -0.05) is 17.4 Å². The van der Waals surface area contributed by atoms with Gasteiger partial charge in [0.15, 0.2) is 10.8 Å². The standard InChI is InChI=1S/C21H23N7OS/c1-12-7-15(5-6-22-12)28(2)21-25-20-19(30-21)9-17(26-27-20)16-4-3-13(8-18(16)29)14-10-23-24-11-14/h3-4,8-12,15,22,29H,5-7H2,1-2H3,(H,23,24)/t12-,15-/m0/s1. The van der Waals surface area contributed by atoms with Crippen molar-refractivity contribution in [2.75, 3.05) is 18.5 Å². The third-order valence-corrected chi connectivity index (χ3v) is 6.78. The molecule has 0 unspecified atom stereocenters. The van der Waals surface area contributed by atoms with Crippen molar-refractivity contribution in [3.63, 3.8) is 0 Å². The predicted octanol–water partition coefficient (Wildman–Crippen LogP) is 3.43. The average Bonchev–Trinajstić information content (AvgIpc) is 3.42. The molecule has 30 heavy (non-hydrogen) atoms. The zero-order valence-corrected chi connectivity index (χ0v) is 17.6. The van der Waals surface area contributed by atoms with E-state index in [1.807, 2.05) is 18.2 Å². The van der Waals surface area contributed by atoms with E-state index in [1.165, 1.54) is 0 Å². The van der Waals surface area contributed by atoms with Crippen molar-refractivity contribution < 1.29 is 5.11 Å². The van der Waals surface area contributed by atoms with E-state index in [0.717, 1.165) is 40.3 Å². The summed E-state index contributed by atoms with van der Waals surface area (Å²) in [6, 6.07) is 8.45. The third kappa shape index (κ3) is 3.50. The van der Waals surface area contributed by atoms with Gasteiger partial charge in [-0.2, -0.15) is 10.1 Å². The van der Waals surface area contributed by atoms with Gasteiger partial charge in [-0.15, -0.1) is 10.2 Å². The molecule has 3 aromatic heterocycles. The molecule has 1 saturated heterocycles. The van der Waals surface area contributed by atoms with E-state index in [4.69, 9.17) is 4.98 Å². The van der Waals surface area contributed by atoms with Crippen molar-refractivity contribution in [1.82, 2.24) is 30.7 Å². The van der Waals surface area contributed by atoms with Crippen LogP contribution < -0.4 is 10.2 Å². The van der Waals surface area contributed by atoms with Gasteiger partial charge in [0.2, 0.25) is 0 Å². The second-order valence-electron chi connectivity index (χ2n) is 7.78. The van der Waals surface area contributed by atoms with Crippen LogP contribution in [0.4, 0.5) is 5.13 Å². The van der Waals surface area contributed by atoms with Gasteiger partial charge in [-0.3, -0.25) is 5.10 Å². The second-order valence-corrected chi connectivity index (χ2v) is 8.79. The van der Waals surface area contributed by atoms with Crippen LogP contribution in [0, 0.1) is 0 Å². The maximum atomic E-state index is 10.6. The monoisotopic (exact) mass is 421 g/mol. The first kappa shape index (κ1) is 19.0. The minimum absolute atomic E-state index is 0.160. The molecule has 0 bridgehead atoms. The van der Waals surface area contributed by atoms with Crippen LogP contribution in [-0.2, 0) is 0 Å². The summed E-state index contributed by atoms with van der Waals surface area (Å²) in [6.07, 6.45) is 5.71. The number of aromatic hydroxyl groups is 1. The lowest BCUT2D eigenvalue weighted by atomic mass is 10.00. The molecule has 4 heterocycles. The summed E-state index contributed by atoms with van der Waals surface area (Å²) in [5, 5.41) is 30.4. The number of aromatic nitrogens is 5. The molecule has 8 nitrogen and oxygen atoms in total. The Morgan fingerprint density at radius 3 is 2.87 bits per heavy atom. The summed E-state index contributed by atoms with van der Waals surface area (Å²) in [5.74, 6) is 0.160. The molecule has 0 aliphatic carbocycles. The number of nitrogens with one attached hydrogen (secondary N) is 2. The third-order valence-electron chi connectivity index (χ3n) is 5.69. The molecule has 1 fully saturated rings. The van der Waals surface area contributed by atoms with Crippen molar-refractivity contribution >= 4 is 26.8 Å². The fourth-order valence-electron chi connectivity index (χ4n) is 3.97. The zero-order chi connectivity index (χ0) is 20.7. The number of piperidine rings is 1. The molecule has 3 N–H and O–H groups in total. The highest BCUT2D eigenvalue weighted by atomic mass is 32.1. The molecule has 154 valence electrons. The van der Waals surface area contributed by atoms with Gasteiger partial charge in [0.05, 0.1) is 16.6 Å². The van der Waals surface area contributed by atoms with Crippen molar-refractivity contribution in [2.45, 2.75) is 31.8 Å². The predicted molar refractivity (Wildman–Crippen MR) is 119 cm³/mol. The number of nitrogens with zero attached hydrogens (tertiary/aromatic N) is 5. The van der Waals surface area contributed by atoms with Crippen molar-refractivity contribution in [2.24, 2.45) is 0 Å². The lowest BCUT2D eigenvalue weighted by Gasteiger charge is -2.34. The first-order valence-electron chi connectivity index (χ1n) is 10.0. The van der Waals surface area contributed by atoms with Crippen LogP contribution >= 0.6 is 11.3 Å². The van der Waals surface area contributed by atoms with Crippen LogP contribution in [-0.4, -0.2) is 56.2 Å². The number of benzene rings is 1. The Balaban J connectivity index is 1.44. The van der Waals surface area contributed by atoms with Crippen LogP contribution in [0.3, 0.4) is 0 Å². The van der Waals surface area contributed by atoms with Crippen molar-refractivity contribution in [1.29, 1.82) is 0 Å². The van der Waals surface area contributed by atoms with Gasteiger partial charge < -0.3 is 15.3 Å². The van der Waals surface area contributed by atoms with Crippen LogP contribution in [0.25, 0.3) is 32.7 Å². The summed E-state index contributed by atoms with van der Waals surface area (Å²) >= 11 is 1.61. The molecule has 0 amide bonds. The average molecular weight is 422 g/mol. The lowest BCUT2D eigenvalue weighted by Crippen LogP contribution is -2.45. The molecule has 9 heteroatoms. The number of fused-ring (bicyclic) bond motifs is 1. The van der Waals surface area contributed by atoms with Gasteiger partial charge in [0.1, 0.15) is 5.75 Å². The van der Waals surface area contributed by atoms with Gasteiger partial charge in [-0.05, 0) is 50.1 Å². The smallest absolute Gasteiger partial charge is 0.194 e. The molecule has 0 spiro atoms. The topological polar surface area (TPSA) is 103 Å². The molecule has 4 aromatic rings. The number of phenols is 1. The fraction of sp³-hybridized carbons (Fsp3) is 0.333. The van der Waals surface area contributed by atoms with E-state index < -0.39 is 0 Å². The molecule has 1 aliphatic rings. The first-order valence-corrected chi connectivity index (χ1v) is 10.8. The SMILES string of the molecule is C[C@H]1C[C@@H](N(C)c2nc3nnc(-c4ccc(-c5cn[nH]c5)cc4O)cc3s2)CCN1. The summed E-state index contributed by atoms with van der Waals surface area (Å²) < 4.78 is 0.960. The molecule has 2 atom stereocenters. The summed E-state index contributed by atoms with van der Waals surface area (Å²) in [4.78, 5) is 6.96. The minimum atomic E-state index is 0.160. The zero-order valence-electron chi connectivity index (χ0n) is 16.8. The molecule has 1 aromatic carbocycles. The quantitative estimate of drug-likeness (QED) is 0.464. The number of hydrogen-bond donors (Lipinski definition) is 3. The summed E-state index contributed by atoms with van der Waals surface area (Å²) in [7, 11) is 2.11.